The first kappa shape index (κ1) is 38.8. The normalized spacial score (nSPS) is 11.9. The number of aromatic amines is 1. The Morgan fingerprint density at radius 3 is 2.22 bits per heavy atom. The molecule has 0 bridgehead atoms. The Morgan fingerprint density at radius 1 is 0.960 bits per heavy atom. The number of benzene rings is 3. The fourth-order valence-corrected chi connectivity index (χ4v) is 5.00. The summed E-state index contributed by atoms with van der Waals surface area (Å²) in [6.45, 7) is 18.5. The number of piperidine rings is 1. The lowest BCUT2D eigenvalue weighted by Crippen LogP contribution is -2.38. The van der Waals surface area contributed by atoms with Crippen LogP contribution in [0.1, 0.15) is 76.5 Å². The van der Waals surface area contributed by atoms with E-state index >= 15 is 0 Å². The molecule has 5 rings (SSSR count). The summed E-state index contributed by atoms with van der Waals surface area (Å²) in [6.07, 6.45) is 12.4. The lowest BCUT2D eigenvalue weighted by molar-refractivity contribution is 0.0528. The average Bonchev–Trinajstić information content (AvgIpc) is 3.60. The standard InChI is InChI=1S/C24H21N3.C13H24N2O2.C6H6/c1-4-7-18(3)20-8-6-9-21(16-20)24-22(17-26-27-24)13-10-19-11-14-23(15-12-19)25-5-2;1-11(15-8-6-5-7-9-15)10-14-12(16)17-13(2,3)4;1-2-4-6-5-3-1/h2,6,8-9,11-12,14-17,25H,3-4,7H2,1H3,(H,26,27);1,5-10H2,2-4H3,(H,14,16);1-6H. The fraction of sp³-hybridized carbons (Fsp3) is 0.302. The number of likely N-dealkylation sites (tertiary alicyclic amines) is 1. The number of anilines is 1. The van der Waals surface area contributed by atoms with Gasteiger partial charge in [0.2, 0.25) is 0 Å². The molecule has 0 radical (unpaired) electrons. The number of nitrogens with zero attached hydrogens (tertiary/aromatic N) is 2. The predicted molar refractivity (Wildman–Crippen MR) is 208 cm³/mol. The Hall–Kier alpha value is -5.66. The van der Waals surface area contributed by atoms with Gasteiger partial charge in [-0.05, 0) is 87.9 Å². The Labute approximate surface area is 299 Å². The van der Waals surface area contributed by atoms with Crippen LogP contribution in [0.3, 0.4) is 0 Å². The maximum Gasteiger partial charge on any atom is 0.407 e. The second-order valence-electron chi connectivity index (χ2n) is 12.8. The van der Waals surface area contributed by atoms with E-state index in [0.717, 1.165) is 70.8 Å². The Bertz CT molecular complexity index is 1720. The van der Waals surface area contributed by atoms with Gasteiger partial charge in [0.15, 0.2) is 0 Å². The van der Waals surface area contributed by atoms with E-state index in [1.807, 2.05) is 87.5 Å². The SMILES string of the molecule is C#CNc1ccc(C#Cc2cn[nH]c2-c2cccc(C(=C)CCC)c2)cc1.C=C(CNC(=O)OC(C)(C)C)N1CCCCC1.c1ccccc1. The number of carbonyl (C=O) groups is 1. The van der Waals surface area contributed by atoms with Crippen molar-refractivity contribution in [1.82, 2.24) is 20.4 Å². The van der Waals surface area contributed by atoms with Crippen LogP contribution >= 0.6 is 0 Å². The molecule has 0 spiro atoms. The van der Waals surface area contributed by atoms with Crippen LogP contribution in [0.5, 0.6) is 0 Å². The molecule has 0 saturated carbocycles. The molecule has 1 amide bonds. The molecule has 2 heterocycles. The van der Waals surface area contributed by atoms with Crippen molar-refractivity contribution in [2.75, 3.05) is 25.0 Å². The highest BCUT2D eigenvalue weighted by Crippen LogP contribution is 2.26. The number of terminal acetylenes is 1. The van der Waals surface area contributed by atoms with Crippen LogP contribution in [0.25, 0.3) is 16.8 Å². The highest BCUT2D eigenvalue weighted by molar-refractivity contribution is 5.73. The third-order valence-electron chi connectivity index (χ3n) is 7.50. The largest absolute Gasteiger partial charge is 0.444 e. The van der Waals surface area contributed by atoms with Crippen molar-refractivity contribution in [2.45, 2.75) is 65.4 Å². The van der Waals surface area contributed by atoms with Crippen molar-refractivity contribution in [2.24, 2.45) is 0 Å². The van der Waals surface area contributed by atoms with Crippen LogP contribution in [0.4, 0.5) is 10.5 Å². The number of H-pyrrole nitrogens is 1. The number of amides is 1. The molecule has 1 fully saturated rings. The Balaban J connectivity index is 0.000000249. The van der Waals surface area contributed by atoms with Crippen LogP contribution in [0.2, 0.25) is 0 Å². The predicted octanol–water partition coefficient (Wildman–Crippen LogP) is 9.49. The summed E-state index contributed by atoms with van der Waals surface area (Å²) in [5.41, 5.74) is 7.43. The third kappa shape index (κ3) is 14.2. The maximum atomic E-state index is 11.5. The molecule has 1 saturated heterocycles. The first-order chi connectivity index (χ1) is 24.1. The van der Waals surface area contributed by atoms with Gasteiger partial charge in [0, 0.05) is 41.6 Å². The van der Waals surface area contributed by atoms with Gasteiger partial charge in [0.1, 0.15) is 5.60 Å². The van der Waals surface area contributed by atoms with Gasteiger partial charge >= 0.3 is 6.09 Å². The van der Waals surface area contributed by atoms with E-state index in [-0.39, 0.29) is 6.09 Å². The van der Waals surface area contributed by atoms with E-state index in [1.54, 1.807) is 6.20 Å². The molecular formula is C43H51N5O2. The Morgan fingerprint density at radius 2 is 1.62 bits per heavy atom. The van der Waals surface area contributed by atoms with Crippen molar-refractivity contribution in [3.8, 4) is 35.6 Å². The molecule has 7 heteroatoms. The number of rotatable bonds is 8. The van der Waals surface area contributed by atoms with Gasteiger partial charge in [-0.15, -0.1) is 0 Å². The summed E-state index contributed by atoms with van der Waals surface area (Å²) in [5.74, 6) is 6.38. The summed E-state index contributed by atoms with van der Waals surface area (Å²) >= 11 is 0. The number of alkyl carbamates (subject to hydrolysis) is 1. The van der Waals surface area contributed by atoms with E-state index < -0.39 is 5.60 Å². The summed E-state index contributed by atoms with van der Waals surface area (Å²) < 4.78 is 5.17. The molecule has 260 valence electrons. The molecule has 50 heavy (non-hydrogen) atoms. The molecule has 0 aliphatic carbocycles. The highest BCUT2D eigenvalue weighted by atomic mass is 16.6. The lowest BCUT2D eigenvalue weighted by Gasteiger charge is -2.30. The lowest BCUT2D eigenvalue weighted by atomic mass is 9.99. The van der Waals surface area contributed by atoms with Crippen LogP contribution in [-0.4, -0.2) is 46.4 Å². The summed E-state index contributed by atoms with van der Waals surface area (Å²) in [6, 6.07) is 30.4. The fourth-order valence-electron chi connectivity index (χ4n) is 5.00. The zero-order valence-electron chi connectivity index (χ0n) is 30.0. The van der Waals surface area contributed by atoms with Crippen molar-refractivity contribution in [1.29, 1.82) is 0 Å². The zero-order valence-corrected chi connectivity index (χ0v) is 30.0. The molecule has 1 aromatic heterocycles. The molecule has 3 N–H and O–H groups in total. The topological polar surface area (TPSA) is 82.3 Å². The molecule has 1 aliphatic rings. The maximum absolute atomic E-state index is 11.5. The monoisotopic (exact) mass is 669 g/mol. The third-order valence-corrected chi connectivity index (χ3v) is 7.50. The van der Waals surface area contributed by atoms with Crippen molar-refractivity contribution >= 4 is 17.4 Å². The number of hydrogen-bond acceptors (Lipinski definition) is 5. The average molecular weight is 670 g/mol. The molecule has 3 aromatic carbocycles. The van der Waals surface area contributed by atoms with Crippen LogP contribution in [0, 0.1) is 24.3 Å². The second kappa shape index (κ2) is 20.6. The quantitative estimate of drug-likeness (QED) is 0.129. The van der Waals surface area contributed by atoms with Gasteiger partial charge in [-0.1, -0.05) is 99.4 Å². The van der Waals surface area contributed by atoms with Crippen molar-refractivity contribution in [3.63, 3.8) is 0 Å². The van der Waals surface area contributed by atoms with E-state index in [4.69, 9.17) is 11.2 Å². The van der Waals surface area contributed by atoms with Crippen molar-refractivity contribution < 1.29 is 9.53 Å². The molecular weight excluding hydrogens is 619 g/mol. The number of nitrogens with one attached hydrogen (secondary N) is 3. The smallest absolute Gasteiger partial charge is 0.407 e. The number of carbonyl (C=O) groups excluding carboxylic acids is 1. The van der Waals surface area contributed by atoms with Gasteiger partial charge in [-0.2, -0.15) is 5.10 Å². The van der Waals surface area contributed by atoms with E-state index in [9.17, 15) is 4.79 Å². The minimum Gasteiger partial charge on any atom is -0.444 e. The van der Waals surface area contributed by atoms with Gasteiger partial charge in [0.05, 0.1) is 24.0 Å². The van der Waals surface area contributed by atoms with Gasteiger partial charge < -0.3 is 20.3 Å². The van der Waals surface area contributed by atoms with E-state index in [2.05, 4.69) is 81.9 Å². The van der Waals surface area contributed by atoms with Crippen LogP contribution in [0.15, 0.2) is 110 Å². The molecule has 0 unspecified atom stereocenters. The number of hydrogen-bond donors (Lipinski definition) is 3. The van der Waals surface area contributed by atoms with Gasteiger partial charge in [-0.25, -0.2) is 4.79 Å². The summed E-state index contributed by atoms with van der Waals surface area (Å²) in [4.78, 5) is 13.7. The number of aromatic nitrogens is 2. The summed E-state index contributed by atoms with van der Waals surface area (Å²) in [7, 11) is 0. The van der Waals surface area contributed by atoms with Gasteiger partial charge in [-0.3, -0.25) is 5.10 Å². The highest BCUT2D eigenvalue weighted by Gasteiger charge is 2.17. The van der Waals surface area contributed by atoms with E-state index in [1.165, 1.54) is 19.3 Å². The molecule has 1 aliphatic heterocycles. The first-order valence-corrected chi connectivity index (χ1v) is 17.1. The number of allylic oxidation sites excluding steroid dienone is 1. The molecule has 0 atom stereocenters. The minimum atomic E-state index is -0.448. The molecule has 7 nitrogen and oxygen atoms in total. The van der Waals surface area contributed by atoms with E-state index in [0.29, 0.717) is 6.54 Å². The minimum absolute atomic E-state index is 0.379. The number of ether oxygens (including phenoxy) is 1. The first-order valence-electron chi connectivity index (χ1n) is 17.1. The molecule has 4 aromatic rings. The second-order valence-corrected chi connectivity index (χ2v) is 12.8. The van der Waals surface area contributed by atoms with Crippen molar-refractivity contribution in [3.05, 3.63) is 127 Å². The summed E-state index contributed by atoms with van der Waals surface area (Å²) in [5, 5.41) is 12.8. The van der Waals surface area contributed by atoms with Crippen LogP contribution < -0.4 is 10.6 Å². The van der Waals surface area contributed by atoms with Gasteiger partial charge in [0.25, 0.3) is 0 Å². The zero-order chi connectivity index (χ0) is 36.2. The van der Waals surface area contributed by atoms with Crippen LogP contribution in [-0.2, 0) is 4.74 Å². The Kier molecular flexibility index (Phi) is 16.0.